The molecule has 2 heterocycles. The number of nitrogens with zero attached hydrogens (tertiary/aromatic N) is 2. The second-order valence-corrected chi connectivity index (χ2v) is 2.49. The average molecular weight is 145 g/mol. The molecule has 0 amide bonds. The molecule has 55 valence electrons. The van der Waals surface area contributed by atoms with Crippen molar-refractivity contribution in [3.63, 3.8) is 0 Å². The van der Waals surface area contributed by atoms with E-state index in [1.165, 1.54) is 5.56 Å². The van der Waals surface area contributed by atoms with Crippen molar-refractivity contribution >= 4 is 5.65 Å². The highest BCUT2D eigenvalue weighted by Crippen LogP contribution is 2.07. The van der Waals surface area contributed by atoms with E-state index in [0.717, 1.165) is 12.1 Å². The Kier molecular flexibility index (Phi) is 1.39. The molecule has 1 radical (unpaired) electrons. The van der Waals surface area contributed by atoms with Crippen LogP contribution in [0, 0.1) is 6.20 Å². The molecule has 0 saturated carbocycles. The molecule has 2 heteroatoms. The molecule has 2 nitrogen and oxygen atoms in total. The van der Waals surface area contributed by atoms with Crippen LogP contribution >= 0.6 is 0 Å². The summed E-state index contributed by atoms with van der Waals surface area (Å²) in [5.74, 6) is 0. The van der Waals surface area contributed by atoms with Crippen molar-refractivity contribution in [1.29, 1.82) is 0 Å². The number of fused-ring (bicyclic) bond motifs is 1. The number of pyridine rings is 1. The molecule has 2 aromatic rings. The lowest BCUT2D eigenvalue weighted by Crippen LogP contribution is -1.88. The summed E-state index contributed by atoms with van der Waals surface area (Å²) in [4.78, 5) is 4.13. The summed E-state index contributed by atoms with van der Waals surface area (Å²) < 4.78 is 1.98. The van der Waals surface area contributed by atoms with Crippen LogP contribution < -0.4 is 0 Å². The third-order valence-electron chi connectivity index (χ3n) is 1.82. The SMILES string of the molecule is CCc1cccn2c[c]nc12. The molecule has 0 atom stereocenters. The van der Waals surface area contributed by atoms with Crippen LogP contribution in [0.2, 0.25) is 0 Å². The van der Waals surface area contributed by atoms with E-state index in [1.807, 2.05) is 22.9 Å². The fraction of sp³-hybridized carbons (Fsp3) is 0.222. The molecular weight excluding hydrogens is 136 g/mol. The van der Waals surface area contributed by atoms with E-state index in [-0.39, 0.29) is 0 Å². The zero-order valence-corrected chi connectivity index (χ0v) is 6.41. The lowest BCUT2D eigenvalue weighted by Gasteiger charge is -1.97. The van der Waals surface area contributed by atoms with Crippen molar-refractivity contribution in [2.24, 2.45) is 0 Å². The van der Waals surface area contributed by atoms with Gasteiger partial charge in [-0.1, -0.05) is 13.0 Å². The van der Waals surface area contributed by atoms with Gasteiger partial charge in [0, 0.05) is 12.4 Å². The van der Waals surface area contributed by atoms with Gasteiger partial charge in [-0.05, 0) is 18.1 Å². The largest absolute Gasteiger partial charge is 0.306 e. The quantitative estimate of drug-likeness (QED) is 0.597. The van der Waals surface area contributed by atoms with E-state index in [4.69, 9.17) is 0 Å². The monoisotopic (exact) mass is 145 g/mol. The Morgan fingerprint density at radius 1 is 1.64 bits per heavy atom. The first-order valence-corrected chi connectivity index (χ1v) is 3.74. The van der Waals surface area contributed by atoms with Crippen LogP contribution in [-0.4, -0.2) is 9.38 Å². The first-order valence-electron chi connectivity index (χ1n) is 3.74. The Morgan fingerprint density at radius 2 is 2.55 bits per heavy atom. The highest BCUT2D eigenvalue weighted by molar-refractivity contribution is 5.47. The van der Waals surface area contributed by atoms with Crippen LogP contribution in [-0.2, 0) is 6.42 Å². The summed E-state index contributed by atoms with van der Waals surface area (Å²) >= 11 is 0. The molecule has 0 saturated heterocycles. The number of hydrogen-bond donors (Lipinski definition) is 0. The third-order valence-corrected chi connectivity index (χ3v) is 1.82. The Labute approximate surface area is 65.5 Å². The van der Waals surface area contributed by atoms with Gasteiger partial charge in [0.15, 0.2) is 0 Å². The molecule has 0 aliphatic carbocycles. The number of rotatable bonds is 1. The van der Waals surface area contributed by atoms with Gasteiger partial charge in [-0.15, -0.1) is 0 Å². The Morgan fingerprint density at radius 3 is 3.36 bits per heavy atom. The maximum Gasteiger partial charge on any atom is 0.140 e. The highest BCUT2D eigenvalue weighted by atomic mass is 15.0. The fourth-order valence-corrected chi connectivity index (χ4v) is 1.22. The van der Waals surface area contributed by atoms with Crippen molar-refractivity contribution in [3.05, 3.63) is 36.3 Å². The van der Waals surface area contributed by atoms with Gasteiger partial charge in [0.1, 0.15) is 11.8 Å². The van der Waals surface area contributed by atoms with E-state index in [2.05, 4.69) is 24.2 Å². The smallest absolute Gasteiger partial charge is 0.140 e. The predicted octanol–water partition coefficient (Wildman–Crippen LogP) is 1.70. The van der Waals surface area contributed by atoms with Crippen molar-refractivity contribution in [2.45, 2.75) is 13.3 Å². The normalized spacial score (nSPS) is 10.6. The second kappa shape index (κ2) is 2.38. The lowest BCUT2D eigenvalue weighted by molar-refractivity contribution is 1.08. The summed E-state index contributed by atoms with van der Waals surface area (Å²) in [6.45, 7) is 2.13. The van der Waals surface area contributed by atoms with Crippen molar-refractivity contribution in [3.8, 4) is 0 Å². The van der Waals surface area contributed by atoms with Crippen LogP contribution in [0.1, 0.15) is 12.5 Å². The maximum atomic E-state index is 4.13. The Bertz CT molecular complexity index is 362. The van der Waals surface area contributed by atoms with Gasteiger partial charge in [0.25, 0.3) is 0 Å². The number of imidazole rings is 1. The molecule has 0 aromatic carbocycles. The van der Waals surface area contributed by atoms with Crippen molar-refractivity contribution in [2.75, 3.05) is 0 Å². The second-order valence-electron chi connectivity index (χ2n) is 2.49. The van der Waals surface area contributed by atoms with E-state index in [0.29, 0.717) is 0 Å². The molecule has 2 rings (SSSR count). The Balaban J connectivity index is 2.79. The first kappa shape index (κ1) is 6.40. The minimum Gasteiger partial charge on any atom is -0.306 e. The molecule has 0 N–H and O–H groups in total. The molecule has 0 unspecified atom stereocenters. The summed E-state index contributed by atoms with van der Waals surface area (Å²) in [5.41, 5.74) is 2.30. The molecule has 0 fully saturated rings. The minimum absolute atomic E-state index is 1.02. The molecule has 0 aliphatic heterocycles. The molecule has 2 aromatic heterocycles. The first-order chi connectivity index (χ1) is 5.42. The van der Waals surface area contributed by atoms with E-state index in [1.54, 1.807) is 0 Å². The van der Waals surface area contributed by atoms with Crippen LogP contribution in [0.25, 0.3) is 5.65 Å². The van der Waals surface area contributed by atoms with Gasteiger partial charge in [-0.3, -0.25) is 0 Å². The van der Waals surface area contributed by atoms with Gasteiger partial charge < -0.3 is 4.40 Å². The van der Waals surface area contributed by atoms with Crippen LogP contribution in [0.4, 0.5) is 0 Å². The molecular formula is C9H9N2. The molecule has 11 heavy (non-hydrogen) atoms. The summed E-state index contributed by atoms with van der Waals surface area (Å²) in [6, 6.07) is 4.12. The van der Waals surface area contributed by atoms with Crippen molar-refractivity contribution in [1.82, 2.24) is 9.38 Å². The van der Waals surface area contributed by atoms with Gasteiger partial charge in [0.05, 0.1) is 0 Å². The van der Waals surface area contributed by atoms with Crippen LogP contribution in [0.3, 0.4) is 0 Å². The highest BCUT2D eigenvalue weighted by Gasteiger charge is 1.97. The zero-order valence-electron chi connectivity index (χ0n) is 6.41. The van der Waals surface area contributed by atoms with Crippen LogP contribution in [0.5, 0.6) is 0 Å². The standard InChI is InChI=1S/C9H9N2/c1-2-8-4-3-6-11-7-5-10-9(8)11/h3-4,6-7H,2H2,1H3. The van der Waals surface area contributed by atoms with Gasteiger partial charge in [0.2, 0.25) is 0 Å². The number of hydrogen-bond acceptors (Lipinski definition) is 1. The number of aryl methyl sites for hydroxylation is 1. The number of aromatic nitrogens is 2. The van der Waals surface area contributed by atoms with Gasteiger partial charge in [-0.2, -0.15) is 0 Å². The van der Waals surface area contributed by atoms with E-state index in [9.17, 15) is 0 Å². The molecule has 0 aliphatic rings. The fourth-order valence-electron chi connectivity index (χ4n) is 1.22. The average Bonchev–Trinajstić information content (AvgIpc) is 2.50. The van der Waals surface area contributed by atoms with Crippen molar-refractivity contribution < 1.29 is 0 Å². The molecule has 0 bridgehead atoms. The minimum atomic E-state index is 1.02. The molecule has 0 spiro atoms. The third kappa shape index (κ3) is 0.909. The summed E-state index contributed by atoms with van der Waals surface area (Å²) in [7, 11) is 0. The topological polar surface area (TPSA) is 17.3 Å². The zero-order chi connectivity index (χ0) is 7.68. The summed E-state index contributed by atoms with van der Waals surface area (Å²) in [6.07, 6.45) is 7.67. The van der Waals surface area contributed by atoms with Gasteiger partial charge >= 0.3 is 0 Å². The Hall–Kier alpha value is -1.31. The van der Waals surface area contributed by atoms with Gasteiger partial charge in [-0.25, -0.2) is 4.98 Å². The predicted molar refractivity (Wildman–Crippen MR) is 43.4 cm³/mol. The maximum absolute atomic E-state index is 4.13. The summed E-state index contributed by atoms with van der Waals surface area (Å²) in [5, 5.41) is 0. The van der Waals surface area contributed by atoms with Crippen LogP contribution in [0.15, 0.2) is 24.5 Å². The van der Waals surface area contributed by atoms with E-state index < -0.39 is 0 Å². The van der Waals surface area contributed by atoms with E-state index >= 15 is 0 Å². The lowest BCUT2D eigenvalue weighted by atomic mass is 10.2.